The highest BCUT2D eigenvalue weighted by atomic mass is 16.6. The van der Waals surface area contributed by atoms with E-state index in [2.05, 4.69) is 63.7 Å². The molecule has 0 aliphatic rings. The van der Waals surface area contributed by atoms with Crippen molar-refractivity contribution >= 4 is 0 Å². The summed E-state index contributed by atoms with van der Waals surface area (Å²) in [4.78, 5) is 4.63. The highest BCUT2D eigenvalue weighted by Crippen LogP contribution is 2.36. The van der Waals surface area contributed by atoms with Crippen LogP contribution in [0.25, 0.3) is 0 Å². The molecule has 0 bridgehead atoms. The fourth-order valence-electron chi connectivity index (χ4n) is 2.58. The Hall–Kier alpha value is -0.860. The Morgan fingerprint density at radius 2 is 1.53 bits per heavy atom. The number of benzene rings is 1. The van der Waals surface area contributed by atoms with E-state index in [-0.39, 0.29) is 5.41 Å². The fraction of sp³-hybridized carbons (Fsp3) is 0.600. The van der Waals surface area contributed by atoms with Gasteiger partial charge in [0.2, 0.25) is 0 Å². The maximum Gasteiger partial charge on any atom is 0.0930 e. The number of nitrogens with two attached hydrogens (primary N) is 1. The van der Waals surface area contributed by atoms with Gasteiger partial charge in [0.15, 0.2) is 0 Å². The third-order valence-corrected chi connectivity index (χ3v) is 2.96. The van der Waals surface area contributed by atoms with Gasteiger partial charge in [0.05, 0.1) is 6.61 Å². The molecule has 0 aromatic heterocycles. The second-order valence-electron chi connectivity index (χ2n) is 6.63. The van der Waals surface area contributed by atoms with E-state index >= 15 is 0 Å². The maximum absolute atomic E-state index is 5.07. The van der Waals surface area contributed by atoms with E-state index < -0.39 is 0 Å². The molecule has 0 fully saturated rings. The first kappa shape index (κ1) is 14.2. The van der Waals surface area contributed by atoms with Crippen molar-refractivity contribution in [1.82, 2.24) is 0 Å². The van der Waals surface area contributed by atoms with Crippen LogP contribution in [0.15, 0.2) is 24.3 Å². The van der Waals surface area contributed by atoms with Gasteiger partial charge in [0.1, 0.15) is 0 Å². The van der Waals surface area contributed by atoms with Crippen molar-refractivity contribution in [3.05, 3.63) is 35.4 Å². The highest BCUT2D eigenvalue weighted by molar-refractivity contribution is 5.28. The Balaban J connectivity index is 2.84. The van der Waals surface area contributed by atoms with Crippen LogP contribution in [-0.4, -0.2) is 0 Å². The molecular formula is C15H25NO. The molecule has 0 unspecified atom stereocenters. The van der Waals surface area contributed by atoms with Gasteiger partial charge < -0.3 is 0 Å². The Labute approximate surface area is 105 Å². The summed E-state index contributed by atoms with van der Waals surface area (Å²) < 4.78 is 0. The van der Waals surface area contributed by atoms with Gasteiger partial charge in [-0.2, -0.15) is 0 Å². The van der Waals surface area contributed by atoms with Crippen LogP contribution in [0.4, 0.5) is 0 Å². The van der Waals surface area contributed by atoms with Gasteiger partial charge in [-0.1, -0.05) is 58.9 Å². The highest BCUT2D eigenvalue weighted by Gasteiger charge is 2.26. The van der Waals surface area contributed by atoms with Gasteiger partial charge >= 0.3 is 0 Å². The summed E-state index contributed by atoms with van der Waals surface area (Å²) in [5.41, 5.74) is 3.01. The van der Waals surface area contributed by atoms with E-state index in [1.807, 2.05) is 0 Å². The van der Waals surface area contributed by atoms with Crippen LogP contribution in [0.5, 0.6) is 0 Å². The lowest BCUT2D eigenvalue weighted by atomic mass is 9.72. The van der Waals surface area contributed by atoms with Crippen LogP contribution in [0.2, 0.25) is 0 Å². The number of hydrogen-bond acceptors (Lipinski definition) is 2. The van der Waals surface area contributed by atoms with E-state index in [1.165, 1.54) is 5.56 Å². The quantitative estimate of drug-likeness (QED) is 0.806. The van der Waals surface area contributed by atoms with Gasteiger partial charge in [0, 0.05) is 0 Å². The van der Waals surface area contributed by atoms with Crippen molar-refractivity contribution in [2.45, 2.75) is 53.1 Å². The lowest BCUT2D eigenvalue weighted by molar-refractivity contribution is 0.124. The Kier molecular flexibility index (Phi) is 4.34. The van der Waals surface area contributed by atoms with Crippen molar-refractivity contribution in [3.63, 3.8) is 0 Å². The fourth-order valence-corrected chi connectivity index (χ4v) is 2.58. The average Bonchev–Trinajstić information content (AvgIpc) is 2.15. The second kappa shape index (κ2) is 5.19. The molecule has 1 aromatic rings. The summed E-state index contributed by atoms with van der Waals surface area (Å²) in [5.74, 6) is 5.07. The van der Waals surface area contributed by atoms with E-state index in [0.29, 0.717) is 12.0 Å². The summed E-state index contributed by atoms with van der Waals surface area (Å²) in [6, 6.07) is 8.54. The zero-order chi connectivity index (χ0) is 13.1. The van der Waals surface area contributed by atoms with Crippen LogP contribution >= 0.6 is 0 Å². The number of rotatable bonds is 4. The molecular weight excluding hydrogens is 210 g/mol. The van der Waals surface area contributed by atoms with Crippen molar-refractivity contribution in [2.75, 3.05) is 0 Å². The minimum Gasteiger partial charge on any atom is -0.300 e. The minimum absolute atomic E-state index is 0.195. The molecule has 2 nitrogen and oxygen atoms in total. The SMILES string of the molecule is CC(C)(C)CC(C)(C)c1ccc(CON)cc1. The standard InChI is InChI=1S/C15H25NO/c1-14(2,3)11-15(4,5)13-8-6-12(7-9-13)10-17-16/h6-9H,10-11,16H2,1-5H3. The van der Waals surface area contributed by atoms with Crippen molar-refractivity contribution < 1.29 is 4.84 Å². The smallest absolute Gasteiger partial charge is 0.0930 e. The van der Waals surface area contributed by atoms with Crippen molar-refractivity contribution in [1.29, 1.82) is 0 Å². The van der Waals surface area contributed by atoms with Gasteiger partial charge in [0.25, 0.3) is 0 Å². The monoisotopic (exact) mass is 235 g/mol. The molecule has 2 N–H and O–H groups in total. The molecule has 1 aromatic carbocycles. The van der Waals surface area contributed by atoms with Gasteiger partial charge in [-0.15, -0.1) is 0 Å². The normalized spacial score (nSPS) is 12.8. The van der Waals surface area contributed by atoms with E-state index in [0.717, 1.165) is 12.0 Å². The van der Waals surface area contributed by atoms with Crippen LogP contribution in [-0.2, 0) is 16.9 Å². The molecule has 2 heteroatoms. The van der Waals surface area contributed by atoms with E-state index in [4.69, 9.17) is 5.90 Å². The third-order valence-electron chi connectivity index (χ3n) is 2.96. The molecule has 1 rings (SSSR count). The Morgan fingerprint density at radius 3 is 1.94 bits per heavy atom. The first-order valence-corrected chi connectivity index (χ1v) is 6.16. The van der Waals surface area contributed by atoms with Gasteiger partial charge in [-0.05, 0) is 28.4 Å². The molecule has 0 radical (unpaired) electrons. The second-order valence-corrected chi connectivity index (χ2v) is 6.63. The summed E-state index contributed by atoms with van der Waals surface area (Å²) >= 11 is 0. The lowest BCUT2D eigenvalue weighted by Crippen LogP contribution is -2.24. The zero-order valence-corrected chi connectivity index (χ0v) is 11.7. The molecule has 0 saturated carbocycles. The van der Waals surface area contributed by atoms with E-state index in [9.17, 15) is 0 Å². The summed E-state index contributed by atoms with van der Waals surface area (Å²) in [7, 11) is 0. The van der Waals surface area contributed by atoms with Gasteiger partial charge in [-0.25, -0.2) is 5.90 Å². The topological polar surface area (TPSA) is 35.2 Å². The maximum atomic E-state index is 5.07. The molecule has 96 valence electrons. The van der Waals surface area contributed by atoms with Crippen LogP contribution < -0.4 is 5.90 Å². The van der Waals surface area contributed by atoms with Gasteiger partial charge in [-0.3, -0.25) is 4.84 Å². The Bertz CT molecular complexity index is 346. The van der Waals surface area contributed by atoms with Crippen LogP contribution in [0.3, 0.4) is 0 Å². The lowest BCUT2D eigenvalue weighted by Gasteiger charge is -2.33. The molecule has 0 saturated heterocycles. The summed E-state index contributed by atoms with van der Waals surface area (Å²) in [6.07, 6.45) is 1.16. The third kappa shape index (κ3) is 4.49. The number of hydrogen-bond donors (Lipinski definition) is 1. The molecule has 0 spiro atoms. The molecule has 0 aliphatic carbocycles. The first-order valence-electron chi connectivity index (χ1n) is 6.16. The zero-order valence-electron chi connectivity index (χ0n) is 11.7. The average molecular weight is 235 g/mol. The first-order chi connectivity index (χ1) is 7.74. The van der Waals surface area contributed by atoms with Crippen molar-refractivity contribution in [2.24, 2.45) is 11.3 Å². The van der Waals surface area contributed by atoms with Crippen molar-refractivity contribution in [3.8, 4) is 0 Å². The largest absolute Gasteiger partial charge is 0.300 e. The molecule has 0 amide bonds. The predicted molar refractivity (Wildman–Crippen MR) is 72.5 cm³/mol. The van der Waals surface area contributed by atoms with Crippen LogP contribution in [0.1, 0.15) is 52.2 Å². The minimum atomic E-state index is 0.195. The molecule has 17 heavy (non-hydrogen) atoms. The van der Waals surface area contributed by atoms with E-state index in [1.54, 1.807) is 0 Å². The van der Waals surface area contributed by atoms with Crippen LogP contribution in [0, 0.1) is 5.41 Å². The predicted octanol–water partition coefficient (Wildman–Crippen LogP) is 3.79. The molecule has 0 atom stereocenters. The Morgan fingerprint density at radius 1 is 1.00 bits per heavy atom. The summed E-state index contributed by atoms with van der Waals surface area (Å²) in [5, 5.41) is 0. The molecule has 0 aliphatic heterocycles. The molecule has 0 heterocycles. The summed E-state index contributed by atoms with van der Waals surface area (Å²) in [6.45, 7) is 11.9.